The Labute approximate surface area is 313 Å². The van der Waals surface area contributed by atoms with Gasteiger partial charge in [0.2, 0.25) is 0 Å². The van der Waals surface area contributed by atoms with E-state index >= 15 is 0 Å². The van der Waals surface area contributed by atoms with Gasteiger partial charge >= 0.3 is 5.97 Å². The molecule has 0 atom stereocenters. The molecule has 2 amide bonds. The van der Waals surface area contributed by atoms with E-state index in [1.807, 2.05) is 24.3 Å². The number of nitro benzene ring substituents is 1. The molecule has 0 bridgehead atoms. The molecule has 3 aliphatic heterocycles. The molecule has 0 saturated heterocycles. The van der Waals surface area contributed by atoms with Gasteiger partial charge in [-0.3, -0.25) is 24.6 Å². The summed E-state index contributed by atoms with van der Waals surface area (Å²) in [5.74, 6) is 0.717. The van der Waals surface area contributed by atoms with E-state index in [2.05, 4.69) is 36.4 Å². The van der Waals surface area contributed by atoms with Crippen LogP contribution < -0.4 is 18.9 Å². The molecule has 55 heavy (non-hydrogen) atoms. The van der Waals surface area contributed by atoms with Crippen LogP contribution in [0.15, 0.2) is 97.1 Å². The molecule has 12 nitrogen and oxygen atoms in total. The second-order valence-corrected chi connectivity index (χ2v) is 13.5. The van der Waals surface area contributed by atoms with Crippen molar-refractivity contribution in [1.29, 1.82) is 0 Å². The zero-order chi connectivity index (χ0) is 37.6. The van der Waals surface area contributed by atoms with E-state index in [1.165, 1.54) is 12.1 Å². The fourth-order valence-electron chi connectivity index (χ4n) is 7.39. The summed E-state index contributed by atoms with van der Waals surface area (Å²) in [6, 6.07) is 29.0. The average Bonchev–Trinajstić information content (AvgIpc) is 3.43. The number of unbranched alkanes of at least 4 members (excludes halogenated alkanes) is 1. The van der Waals surface area contributed by atoms with Crippen LogP contribution in [-0.4, -0.2) is 40.8 Å². The molecule has 12 heteroatoms. The number of carbonyl (C=O) groups is 3. The third kappa shape index (κ3) is 6.11. The number of hydrogen-bond acceptors (Lipinski definition) is 10. The summed E-state index contributed by atoms with van der Waals surface area (Å²) >= 11 is 0. The van der Waals surface area contributed by atoms with E-state index in [0.29, 0.717) is 37.6 Å². The predicted molar refractivity (Wildman–Crippen MR) is 200 cm³/mol. The van der Waals surface area contributed by atoms with Crippen LogP contribution in [0.3, 0.4) is 0 Å². The van der Waals surface area contributed by atoms with Gasteiger partial charge in [-0.2, -0.15) is 0 Å². The lowest BCUT2D eigenvalue weighted by Crippen LogP contribution is -2.30. The Balaban J connectivity index is 0.836. The summed E-state index contributed by atoms with van der Waals surface area (Å²) in [6.45, 7) is 1.39. The predicted octanol–water partition coefficient (Wildman–Crippen LogP) is 8.08. The highest BCUT2D eigenvalue weighted by molar-refractivity contribution is 6.21. The maximum atomic E-state index is 13.0. The van der Waals surface area contributed by atoms with Crippen LogP contribution in [0.25, 0.3) is 21.5 Å². The molecule has 3 aliphatic rings. The first-order chi connectivity index (χ1) is 26.8. The van der Waals surface area contributed by atoms with Gasteiger partial charge in [0.15, 0.2) is 23.0 Å². The highest BCUT2D eigenvalue weighted by Crippen LogP contribution is 2.45. The maximum absolute atomic E-state index is 13.0. The van der Waals surface area contributed by atoms with Gasteiger partial charge < -0.3 is 23.7 Å². The Kier molecular flexibility index (Phi) is 8.49. The Bertz CT molecular complexity index is 2600. The summed E-state index contributed by atoms with van der Waals surface area (Å²) in [7, 11) is 0. The fraction of sp³-hybridized carbons (Fsp3) is 0.186. The van der Waals surface area contributed by atoms with Crippen molar-refractivity contribution in [3.05, 3.63) is 146 Å². The first kappa shape index (κ1) is 33.9. The minimum Gasteiger partial charge on any atom is -0.485 e. The molecule has 6 aromatic rings. The molecular weight excluding hydrogens is 704 g/mol. The minimum atomic E-state index is -0.611. The van der Waals surface area contributed by atoms with Crippen LogP contribution in [0.2, 0.25) is 0 Å². The molecule has 274 valence electrons. The van der Waals surface area contributed by atoms with Gasteiger partial charge in [-0.1, -0.05) is 48.5 Å². The topological polar surface area (TPSA) is 144 Å². The highest BCUT2D eigenvalue weighted by Gasteiger charge is 2.36. The quantitative estimate of drug-likeness (QED) is 0.0394. The first-order valence-corrected chi connectivity index (χ1v) is 17.9. The molecular formula is C43H32N2O10. The fourth-order valence-corrected chi connectivity index (χ4v) is 7.39. The zero-order valence-electron chi connectivity index (χ0n) is 29.4. The third-order valence-corrected chi connectivity index (χ3v) is 10.2. The Morgan fingerprint density at radius 1 is 0.636 bits per heavy atom. The number of ether oxygens (including phenoxy) is 5. The van der Waals surface area contributed by atoms with Gasteiger partial charge in [0.25, 0.3) is 17.5 Å². The van der Waals surface area contributed by atoms with Crippen LogP contribution in [0.4, 0.5) is 5.69 Å². The number of amides is 2. The summed E-state index contributed by atoms with van der Waals surface area (Å²) in [6.07, 6.45) is 0.764. The molecule has 0 N–H and O–H groups in total. The van der Waals surface area contributed by atoms with Crippen LogP contribution in [0.1, 0.15) is 66.2 Å². The smallest absolute Gasteiger partial charge is 0.338 e. The number of carbonyl (C=O) groups excluding carboxylic acids is 3. The largest absolute Gasteiger partial charge is 0.485 e. The number of rotatable bonds is 7. The van der Waals surface area contributed by atoms with Gasteiger partial charge in [0.1, 0.15) is 26.4 Å². The van der Waals surface area contributed by atoms with Gasteiger partial charge in [-0.25, -0.2) is 4.79 Å². The lowest BCUT2D eigenvalue weighted by atomic mass is 9.97. The van der Waals surface area contributed by atoms with Crippen molar-refractivity contribution in [1.82, 2.24) is 4.90 Å². The van der Waals surface area contributed by atoms with Crippen LogP contribution in [0, 0.1) is 10.1 Å². The maximum Gasteiger partial charge on any atom is 0.338 e. The third-order valence-electron chi connectivity index (χ3n) is 10.2. The van der Waals surface area contributed by atoms with Crippen molar-refractivity contribution < 1.29 is 43.0 Å². The molecule has 0 aliphatic carbocycles. The highest BCUT2D eigenvalue weighted by atomic mass is 16.6. The molecule has 0 unspecified atom stereocenters. The molecule has 0 aromatic heterocycles. The van der Waals surface area contributed by atoms with Crippen molar-refractivity contribution in [2.24, 2.45) is 0 Å². The van der Waals surface area contributed by atoms with Crippen LogP contribution in [0.5, 0.6) is 23.0 Å². The Hall–Kier alpha value is -6.95. The van der Waals surface area contributed by atoms with Gasteiger partial charge in [-0.05, 0) is 82.3 Å². The Morgan fingerprint density at radius 3 is 1.82 bits per heavy atom. The van der Waals surface area contributed by atoms with E-state index in [-0.39, 0.29) is 48.7 Å². The number of non-ortho nitro benzene ring substituents is 1. The van der Waals surface area contributed by atoms with E-state index in [0.717, 1.165) is 66.3 Å². The number of imide groups is 1. The monoisotopic (exact) mass is 736 g/mol. The SMILES string of the molecule is O=C(OCCCCN1C(=O)c2ccc([N+](=O)[O-])cc2C1=O)c1ccc2c(c1)OCc1cc3c(cc1CO2)COc1c(c2ccccc2c2ccccc12)OC3. The lowest BCUT2D eigenvalue weighted by molar-refractivity contribution is -0.384. The van der Waals surface area contributed by atoms with Crippen molar-refractivity contribution in [3.8, 4) is 23.0 Å². The normalized spacial score (nSPS) is 14.3. The van der Waals surface area contributed by atoms with E-state index in [1.54, 1.807) is 18.2 Å². The number of fused-ring (bicyclic) bond motifs is 10. The van der Waals surface area contributed by atoms with Crippen LogP contribution >= 0.6 is 0 Å². The van der Waals surface area contributed by atoms with Gasteiger partial charge in [0.05, 0.1) is 28.2 Å². The summed E-state index contributed by atoms with van der Waals surface area (Å²) in [4.78, 5) is 50.0. The first-order valence-electron chi connectivity index (χ1n) is 17.9. The van der Waals surface area contributed by atoms with E-state index in [4.69, 9.17) is 23.7 Å². The molecule has 6 aromatic carbocycles. The van der Waals surface area contributed by atoms with Crippen LogP contribution in [-0.2, 0) is 31.2 Å². The second-order valence-electron chi connectivity index (χ2n) is 13.5. The molecule has 9 rings (SSSR count). The summed E-state index contributed by atoms with van der Waals surface area (Å²) < 4.78 is 30.9. The van der Waals surface area contributed by atoms with Crippen molar-refractivity contribution >= 4 is 45.0 Å². The number of hydrogen-bond donors (Lipinski definition) is 0. The van der Waals surface area contributed by atoms with E-state index < -0.39 is 22.7 Å². The molecule has 0 saturated carbocycles. The average molecular weight is 737 g/mol. The summed E-state index contributed by atoms with van der Waals surface area (Å²) in [5, 5.41) is 15.3. The van der Waals surface area contributed by atoms with Crippen molar-refractivity contribution in [2.75, 3.05) is 13.2 Å². The lowest BCUT2D eigenvalue weighted by Gasteiger charge is -2.25. The molecule has 0 fully saturated rings. The number of esters is 1. The van der Waals surface area contributed by atoms with Gasteiger partial charge in [0, 0.05) is 29.4 Å². The molecule has 3 heterocycles. The number of benzene rings is 6. The minimum absolute atomic E-state index is 0.0157. The van der Waals surface area contributed by atoms with E-state index in [9.17, 15) is 24.5 Å². The van der Waals surface area contributed by atoms with Crippen molar-refractivity contribution in [3.63, 3.8) is 0 Å². The molecule has 0 radical (unpaired) electrons. The van der Waals surface area contributed by atoms with Gasteiger partial charge in [-0.15, -0.1) is 0 Å². The number of nitrogens with zero attached hydrogens (tertiary/aromatic N) is 2. The second kappa shape index (κ2) is 13.8. The summed E-state index contributed by atoms with van der Waals surface area (Å²) in [5.41, 5.74) is 4.06. The molecule has 0 spiro atoms. The van der Waals surface area contributed by atoms with Crippen molar-refractivity contribution in [2.45, 2.75) is 39.3 Å². The Morgan fingerprint density at radius 2 is 1.20 bits per heavy atom. The zero-order valence-corrected chi connectivity index (χ0v) is 29.4. The number of nitro groups is 1. The standard InChI is InChI=1S/C43H32N2O10/c46-41-35-13-12-30(45(49)50)20-36(35)42(47)44(41)15-5-6-16-51-43(48)25-11-14-37-38(19-25)53-22-27-18-29-24-55-40-34-10-4-2-8-32(34)31-7-1-3-9-33(31)39(40)54-23-28(29)17-26(27)21-52-37/h1-4,7-14,17-20H,5-6,15-16,21-24H2.